The number of rotatable bonds is 7. The third kappa shape index (κ3) is 5.51. The minimum atomic E-state index is -4.87. The first-order chi connectivity index (χ1) is 18.0. The Hall–Kier alpha value is -4.27. The molecular weight excluding hydrogens is 499 g/mol. The number of hydrogen-bond acceptors (Lipinski definition) is 5. The highest BCUT2D eigenvalue weighted by Gasteiger charge is 2.47. The van der Waals surface area contributed by atoms with Crippen molar-refractivity contribution in [2.45, 2.75) is 39.6 Å². The molecule has 9 heteroatoms. The van der Waals surface area contributed by atoms with Gasteiger partial charge in [0, 0.05) is 11.3 Å². The first-order valence-electron chi connectivity index (χ1n) is 12.0. The van der Waals surface area contributed by atoms with Crippen LogP contribution in [0.1, 0.15) is 41.6 Å². The van der Waals surface area contributed by atoms with Gasteiger partial charge in [0.15, 0.2) is 0 Å². The van der Waals surface area contributed by atoms with Crippen LogP contribution in [-0.4, -0.2) is 29.8 Å². The summed E-state index contributed by atoms with van der Waals surface area (Å²) in [5.74, 6) is -2.01. The van der Waals surface area contributed by atoms with Gasteiger partial charge >= 0.3 is 6.36 Å². The predicted octanol–water partition coefficient (Wildman–Crippen LogP) is 6.62. The molecular formula is C29H26F3NO5. The lowest BCUT2D eigenvalue weighted by Crippen LogP contribution is -2.29. The van der Waals surface area contributed by atoms with Gasteiger partial charge in [-0.2, -0.15) is 0 Å². The van der Waals surface area contributed by atoms with E-state index in [9.17, 15) is 27.9 Å². The normalized spacial score (nSPS) is 17.1. The van der Waals surface area contributed by atoms with Crippen molar-refractivity contribution in [3.63, 3.8) is 0 Å². The summed E-state index contributed by atoms with van der Waals surface area (Å²) in [4.78, 5) is 27.8. The summed E-state index contributed by atoms with van der Waals surface area (Å²) in [7, 11) is 0. The van der Waals surface area contributed by atoms with E-state index in [1.54, 1.807) is 36.4 Å². The fourth-order valence-corrected chi connectivity index (χ4v) is 4.39. The molecule has 198 valence electrons. The fourth-order valence-electron chi connectivity index (χ4n) is 4.39. The highest BCUT2D eigenvalue weighted by molar-refractivity contribution is 6.51. The summed E-state index contributed by atoms with van der Waals surface area (Å²) in [5.41, 5.74) is 2.53. The van der Waals surface area contributed by atoms with Crippen molar-refractivity contribution in [2.75, 3.05) is 11.5 Å². The Bertz CT molecular complexity index is 1400. The van der Waals surface area contributed by atoms with Crippen LogP contribution in [0.25, 0.3) is 5.76 Å². The lowest BCUT2D eigenvalue weighted by Gasteiger charge is -2.26. The van der Waals surface area contributed by atoms with E-state index in [2.05, 4.69) is 4.74 Å². The van der Waals surface area contributed by atoms with Gasteiger partial charge in [0.05, 0.1) is 18.2 Å². The number of benzene rings is 3. The number of halogens is 3. The number of hydrogen-bond donors (Lipinski definition) is 1. The number of aliphatic hydroxyl groups excluding tert-OH is 1. The molecule has 1 heterocycles. The number of alkyl halides is 3. The number of aryl methyl sites for hydroxylation is 2. The summed E-state index contributed by atoms with van der Waals surface area (Å²) in [6.07, 6.45) is -4.05. The maximum Gasteiger partial charge on any atom is 0.573 e. The first-order valence-corrected chi connectivity index (χ1v) is 12.0. The molecule has 1 atom stereocenters. The maximum absolute atomic E-state index is 13.3. The highest BCUT2D eigenvalue weighted by atomic mass is 19.4. The molecule has 0 spiro atoms. The van der Waals surface area contributed by atoms with Gasteiger partial charge in [-0.25, -0.2) is 0 Å². The van der Waals surface area contributed by atoms with Gasteiger partial charge in [0.25, 0.3) is 11.7 Å². The zero-order valence-corrected chi connectivity index (χ0v) is 21.0. The molecule has 1 amide bonds. The zero-order chi connectivity index (χ0) is 27.6. The lowest BCUT2D eigenvalue weighted by atomic mass is 9.94. The van der Waals surface area contributed by atoms with Crippen molar-refractivity contribution in [2.24, 2.45) is 0 Å². The van der Waals surface area contributed by atoms with Crippen LogP contribution < -0.4 is 14.4 Å². The van der Waals surface area contributed by atoms with E-state index < -0.39 is 29.8 Å². The third-order valence-electron chi connectivity index (χ3n) is 6.06. The first kappa shape index (κ1) is 26.8. The van der Waals surface area contributed by atoms with Gasteiger partial charge < -0.3 is 14.6 Å². The molecule has 38 heavy (non-hydrogen) atoms. The molecule has 1 N–H and O–H groups in total. The molecule has 0 aliphatic carbocycles. The van der Waals surface area contributed by atoms with E-state index >= 15 is 0 Å². The van der Waals surface area contributed by atoms with E-state index in [-0.39, 0.29) is 17.0 Å². The Morgan fingerprint density at radius 2 is 1.71 bits per heavy atom. The van der Waals surface area contributed by atoms with Crippen molar-refractivity contribution in [1.82, 2.24) is 0 Å². The summed E-state index contributed by atoms with van der Waals surface area (Å²) >= 11 is 0. The van der Waals surface area contributed by atoms with Crippen LogP contribution >= 0.6 is 0 Å². The average molecular weight is 526 g/mol. The molecule has 0 saturated carbocycles. The molecule has 4 rings (SSSR count). The number of anilines is 1. The van der Waals surface area contributed by atoms with Crippen molar-refractivity contribution in [3.05, 3.63) is 94.6 Å². The van der Waals surface area contributed by atoms with Gasteiger partial charge in [0.1, 0.15) is 17.3 Å². The van der Waals surface area contributed by atoms with Crippen LogP contribution in [0.2, 0.25) is 0 Å². The Balaban J connectivity index is 1.83. The largest absolute Gasteiger partial charge is 0.573 e. The molecule has 1 fully saturated rings. The minimum absolute atomic E-state index is 0.127. The Morgan fingerprint density at radius 1 is 1.00 bits per heavy atom. The standard InChI is InChI=1S/C29H26F3NO5/c1-4-14-37-23-13-8-20(16-18(23)3)26(34)24-25(19-7-5-6-17(2)15-19)33(28(36)27(24)35)21-9-11-22(12-10-21)38-29(30,31)32/h5-13,15-16,25,34H,4,14H2,1-3H3/b26-24-. The monoisotopic (exact) mass is 525 g/mol. The summed E-state index contributed by atoms with van der Waals surface area (Å²) < 4.78 is 47.5. The van der Waals surface area contributed by atoms with E-state index in [0.717, 1.165) is 29.7 Å². The van der Waals surface area contributed by atoms with Crippen LogP contribution in [0.5, 0.6) is 11.5 Å². The van der Waals surface area contributed by atoms with Gasteiger partial charge in [-0.05, 0) is 73.9 Å². The SMILES string of the molecule is CCCOc1ccc(/C(O)=C2/C(=O)C(=O)N(c3ccc(OC(F)(F)F)cc3)C2c2cccc(C)c2)cc1C. The number of Topliss-reactive ketones (excluding diaryl/α,β-unsaturated/α-hetero) is 1. The van der Waals surface area contributed by atoms with Crippen molar-refractivity contribution >= 4 is 23.1 Å². The van der Waals surface area contributed by atoms with Crippen LogP contribution in [-0.2, 0) is 9.59 Å². The molecule has 3 aromatic rings. The Labute approximate surface area is 217 Å². The average Bonchev–Trinajstić information content (AvgIpc) is 3.12. The quantitative estimate of drug-likeness (QED) is 0.213. The number of aliphatic hydroxyl groups is 1. The summed E-state index contributed by atoms with van der Waals surface area (Å²) in [6, 6.07) is 15.7. The maximum atomic E-state index is 13.3. The van der Waals surface area contributed by atoms with Crippen molar-refractivity contribution < 1.29 is 37.3 Å². The van der Waals surface area contributed by atoms with Crippen LogP contribution in [0.4, 0.5) is 18.9 Å². The Morgan fingerprint density at radius 3 is 2.32 bits per heavy atom. The predicted molar refractivity (Wildman–Crippen MR) is 136 cm³/mol. The van der Waals surface area contributed by atoms with Crippen molar-refractivity contribution in [1.29, 1.82) is 0 Å². The van der Waals surface area contributed by atoms with E-state index in [1.165, 1.54) is 17.0 Å². The number of amides is 1. The topological polar surface area (TPSA) is 76.1 Å². The molecule has 1 saturated heterocycles. The molecule has 0 aromatic heterocycles. The smallest absolute Gasteiger partial charge is 0.507 e. The third-order valence-corrected chi connectivity index (χ3v) is 6.06. The number of carbonyl (C=O) groups excluding carboxylic acids is 2. The van der Waals surface area contributed by atoms with Gasteiger partial charge in [-0.1, -0.05) is 36.8 Å². The molecule has 1 unspecified atom stereocenters. The van der Waals surface area contributed by atoms with Gasteiger partial charge in [-0.15, -0.1) is 13.2 Å². The number of ether oxygens (including phenoxy) is 2. The second-order valence-electron chi connectivity index (χ2n) is 8.95. The fraction of sp³-hybridized carbons (Fsp3) is 0.241. The molecule has 0 radical (unpaired) electrons. The number of nitrogens with zero attached hydrogens (tertiary/aromatic N) is 1. The molecule has 6 nitrogen and oxygen atoms in total. The zero-order valence-electron chi connectivity index (χ0n) is 21.0. The number of carbonyl (C=O) groups is 2. The van der Waals surface area contributed by atoms with E-state index in [0.29, 0.717) is 23.5 Å². The number of ketones is 1. The second kappa shape index (κ2) is 10.6. The second-order valence-corrected chi connectivity index (χ2v) is 8.95. The summed E-state index contributed by atoms with van der Waals surface area (Å²) in [6.45, 7) is 6.16. The van der Waals surface area contributed by atoms with E-state index in [4.69, 9.17) is 4.74 Å². The van der Waals surface area contributed by atoms with Crippen molar-refractivity contribution in [3.8, 4) is 11.5 Å². The van der Waals surface area contributed by atoms with Crippen LogP contribution in [0, 0.1) is 13.8 Å². The van der Waals surface area contributed by atoms with Crippen LogP contribution in [0.3, 0.4) is 0 Å². The molecule has 0 bridgehead atoms. The molecule has 3 aromatic carbocycles. The van der Waals surface area contributed by atoms with Gasteiger partial charge in [-0.3, -0.25) is 14.5 Å². The molecule has 1 aliphatic rings. The highest BCUT2D eigenvalue weighted by Crippen LogP contribution is 2.43. The summed E-state index contributed by atoms with van der Waals surface area (Å²) in [5, 5.41) is 11.3. The lowest BCUT2D eigenvalue weighted by molar-refractivity contribution is -0.274. The van der Waals surface area contributed by atoms with E-state index in [1.807, 2.05) is 26.8 Å². The van der Waals surface area contributed by atoms with Crippen LogP contribution in [0.15, 0.2) is 72.3 Å². The molecule has 1 aliphatic heterocycles. The Kier molecular flexibility index (Phi) is 7.48. The minimum Gasteiger partial charge on any atom is -0.507 e. The van der Waals surface area contributed by atoms with Gasteiger partial charge in [0.2, 0.25) is 0 Å².